The summed E-state index contributed by atoms with van der Waals surface area (Å²) in [6.07, 6.45) is 0.137. The summed E-state index contributed by atoms with van der Waals surface area (Å²) in [6.45, 7) is 6.53. The van der Waals surface area contributed by atoms with Crippen molar-refractivity contribution in [3.05, 3.63) is 0 Å². The maximum absolute atomic E-state index is 13.6. The zero-order chi connectivity index (χ0) is 38.6. The van der Waals surface area contributed by atoms with Crippen molar-refractivity contribution in [3.63, 3.8) is 0 Å². The average Bonchev–Trinajstić information content (AvgIpc) is 3.01. The highest BCUT2D eigenvalue weighted by Gasteiger charge is 2.32. The zero-order valence-electron chi connectivity index (χ0n) is 29.2. The molecule has 0 aliphatic rings. The van der Waals surface area contributed by atoms with Crippen molar-refractivity contribution in [2.45, 2.75) is 96.4 Å². The van der Waals surface area contributed by atoms with Gasteiger partial charge in [-0.1, -0.05) is 27.7 Å². The van der Waals surface area contributed by atoms with Gasteiger partial charge in [-0.3, -0.25) is 43.5 Å². The lowest BCUT2D eigenvalue weighted by Crippen LogP contribution is -2.59. The van der Waals surface area contributed by atoms with Crippen LogP contribution in [0.5, 0.6) is 0 Å². The van der Waals surface area contributed by atoms with Gasteiger partial charge < -0.3 is 66.7 Å². The Kier molecular flexibility index (Phi) is 20.8. The lowest BCUT2D eigenvalue weighted by atomic mass is 9.99. The van der Waals surface area contributed by atoms with Gasteiger partial charge in [0.2, 0.25) is 41.4 Å². The molecule has 50 heavy (non-hydrogen) atoms. The first kappa shape index (κ1) is 44.8. The molecule has 0 bridgehead atoms. The molecule has 0 aliphatic carbocycles. The quantitative estimate of drug-likeness (QED) is 0.0253. The number of nitrogens with two attached hydrogens (primary N) is 7. The first-order valence-corrected chi connectivity index (χ1v) is 16.2. The fraction of sp³-hybridized carbons (Fsp3) is 0.690. The molecule has 284 valence electrons. The Balaban J connectivity index is 6.03. The van der Waals surface area contributed by atoms with Gasteiger partial charge >= 0.3 is 0 Å². The van der Waals surface area contributed by atoms with E-state index in [0.29, 0.717) is 0 Å². The summed E-state index contributed by atoms with van der Waals surface area (Å²) in [7, 11) is 0. The van der Waals surface area contributed by atoms with Crippen molar-refractivity contribution in [3.8, 4) is 0 Å². The summed E-state index contributed by atoms with van der Waals surface area (Å²) in [4.78, 5) is 96.0. The van der Waals surface area contributed by atoms with E-state index in [1.807, 2.05) is 0 Å². The Bertz CT molecular complexity index is 1230. The minimum Gasteiger partial charge on any atom is -0.370 e. The van der Waals surface area contributed by atoms with E-state index >= 15 is 0 Å². The maximum Gasteiger partial charge on any atom is 0.243 e. The zero-order valence-corrected chi connectivity index (χ0v) is 29.2. The number of carbonyl (C=O) groups is 7. The van der Waals surface area contributed by atoms with Gasteiger partial charge in [0.15, 0.2) is 11.9 Å². The van der Waals surface area contributed by atoms with E-state index in [4.69, 9.17) is 40.1 Å². The van der Waals surface area contributed by atoms with Gasteiger partial charge in [0.25, 0.3) is 0 Å². The fourth-order valence-corrected chi connectivity index (χ4v) is 4.27. The summed E-state index contributed by atoms with van der Waals surface area (Å²) < 4.78 is 0. The van der Waals surface area contributed by atoms with Gasteiger partial charge in [0.1, 0.15) is 24.2 Å². The molecule has 0 fully saturated rings. The molecule has 0 rings (SSSR count). The number of nitrogens with one attached hydrogen (secondary N) is 5. The van der Waals surface area contributed by atoms with Crippen molar-refractivity contribution in [1.82, 2.24) is 26.6 Å². The van der Waals surface area contributed by atoms with Crippen LogP contribution in [0.1, 0.15) is 66.2 Å². The Hall–Kier alpha value is -5.21. The van der Waals surface area contributed by atoms with Gasteiger partial charge in [-0.2, -0.15) is 0 Å². The third kappa shape index (κ3) is 19.0. The monoisotopic (exact) mass is 712 g/mol. The standard InChI is InChI=1S/C29H56N14O7/c1-14(2)21(31)26(49)43-22(15(3)4)27(50)42-18(8-6-12-38-29(35)36)25(48)41-17(7-5-11-37-28(33)34)24(47)39-13-20(45)40-16(23(32)46)9-10-19(30)44/h14-18,21-22H,5-13,31H2,1-4H3,(H2,30,44)(H2,32,46)(H,39,47)(H,40,45)(H,41,48)(H,42,50)(H,43,49)(H4,33,34,37)(H4,35,36,38)/t16-,17-,18-,21-,22-/m0/s1. The predicted octanol–water partition coefficient (Wildman–Crippen LogP) is -5.46. The number of hydrogen-bond acceptors (Lipinski definition) is 10. The molecule has 5 atom stereocenters. The molecule has 0 aliphatic heterocycles. The van der Waals surface area contributed by atoms with Gasteiger partial charge in [-0.25, -0.2) is 0 Å². The van der Waals surface area contributed by atoms with Gasteiger partial charge in [-0.15, -0.1) is 0 Å². The van der Waals surface area contributed by atoms with Crippen LogP contribution in [-0.4, -0.2) is 103 Å². The Morgan fingerprint density at radius 2 is 1.08 bits per heavy atom. The molecule has 0 radical (unpaired) electrons. The summed E-state index contributed by atoms with van der Waals surface area (Å²) >= 11 is 0. The second kappa shape index (κ2) is 23.2. The van der Waals surface area contributed by atoms with Crippen molar-refractivity contribution in [1.29, 1.82) is 0 Å². The van der Waals surface area contributed by atoms with Crippen LogP contribution in [0.3, 0.4) is 0 Å². The van der Waals surface area contributed by atoms with E-state index in [1.54, 1.807) is 27.7 Å². The number of aliphatic imine (C=N–C) groups is 2. The number of rotatable bonds is 24. The maximum atomic E-state index is 13.6. The van der Waals surface area contributed by atoms with Crippen molar-refractivity contribution in [2.75, 3.05) is 19.6 Å². The highest BCUT2D eigenvalue weighted by Crippen LogP contribution is 2.08. The molecule has 21 nitrogen and oxygen atoms in total. The Morgan fingerprint density at radius 3 is 1.52 bits per heavy atom. The fourth-order valence-electron chi connectivity index (χ4n) is 4.27. The normalized spacial score (nSPS) is 13.8. The van der Waals surface area contributed by atoms with E-state index in [0.717, 1.165) is 0 Å². The third-order valence-corrected chi connectivity index (χ3v) is 7.21. The van der Waals surface area contributed by atoms with E-state index in [9.17, 15) is 33.6 Å². The summed E-state index contributed by atoms with van der Waals surface area (Å²) in [5.74, 6) is -6.13. The van der Waals surface area contributed by atoms with Gasteiger partial charge in [0, 0.05) is 19.5 Å². The number of nitrogens with zero attached hydrogens (tertiary/aromatic N) is 2. The molecule has 21 heteroatoms. The second-order valence-corrected chi connectivity index (χ2v) is 12.3. The first-order chi connectivity index (χ1) is 23.3. The van der Waals surface area contributed by atoms with Crippen LogP contribution in [0.4, 0.5) is 0 Å². The van der Waals surface area contributed by atoms with Crippen molar-refractivity contribution >= 4 is 53.3 Å². The molecule has 0 heterocycles. The number of hydrogen-bond donors (Lipinski definition) is 12. The Labute approximate surface area is 291 Å². The van der Waals surface area contributed by atoms with E-state index < -0.39 is 84.0 Å². The molecule has 0 aromatic heterocycles. The molecule has 0 saturated carbocycles. The average molecular weight is 713 g/mol. The van der Waals surface area contributed by atoms with Crippen molar-refractivity contribution in [2.24, 2.45) is 62.0 Å². The van der Waals surface area contributed by atoms with E-state index in [1.165, 1.54) is 0 Å². The summed E-state index contributed by atoms with van der Waals surface area (Å²) in [5.41, 5.74) is 37.9. The lowest BCUT2D eigenvalue weighted by molar-refractivity contribution is -0.135. The van der Waals surface area contributed by atoms with Crippen LogP contribution in [0, 0.1) is 11.8 Å². The molecule has 0 unspecified atom stereocenters. The van der Waals surface area contributed by atoms with Crippen LogP contribution < -0.4 is 66.7 Å². The van der Waals surface area contributed by atoms with E-state index in [2.05, 4.69) is 36.6 Å². The number of primary amides is 2. The molecule has 0 saturated heterocycles. The van der Waals surface area contributed by atoms with Crippen LogP contribution in [0.2, 0.25) is 0 Å². The highest BCUT2D eigenvalue weighted by atomic mass is 16.2. The third-order valence-electron chi connectivity index (χ3n) is 7.21. The predicted molar refractivity (Wildman–Crippen MR) is 186 cm³/mol. The van der Waals surface area contributed by atoms with Crippen LogP contribution in [-0.2, 0) is 33.6 Å². The lowest BCUT2D eigenvalue weighted by Gasteiger charge is -2.28. The minimum atomic E-state index is -1.24. The molecular formula is C29H56N14O7. The molecule has 0 aromatic carbocycles. The SMILES string of the molecule is CC(C)[C@H](N)C(=O)N[C@H](C(=O)N[C@@H](CCCN=C(N)N)C(=O)N[C@@H](CCCN=C(N)N)C(=O)NCC(=O)N[C@@H](CCC(N)=O)C(N)=O)C(C)C. The van der Waals surface area contributed by atoms with Crippen LogP contribution in [0.15, 0.2) is 9.98 Å². The first-order valence-electron chi connectivity index (χ1n) is 16.2. The van der Waals surface area contributed by atoms with Gasteiger partial charge in [-0.05, 0) is 43.9 Å². The minimum absolute atomic E-state index is 0.00489. The van der Waals surface area contributed by atoms with Crippen LogP contribution in [0.25, 0.3) is 0 Å². The molecule has 0 aromatic rings. The van der Waals surface area contributed by atoms with Crippen molar-refractivity contribution < 1.29 is 33.6 Å². The Morgan fingerprint density at radius 1 is 0.580 bits per heavy atom. The number of carbonyl (C=O) groups excluding carboxylic acids is 7. The largest absolute Gasteiger partial charge is 0.370 e. The molecule has 19 N–H and O–H groups in total. The molecule has 0 spiro atoms. The van der Waals surface area contributed by atoms with E-state index in [-0.39, 0.29) is 69.5 Å². The van der Waals surface area contributed by atoms with Gasteiger partial charge in [0.05, 0.1) is 12.6 Å². The topological polar surface area (TPSA) is 386 Å². The smallest absolute Gasteiger partial charge is 0.243 e. The van der Waals surface area contributed by atoms with Crippen LogP contribution >= 0.6 is 0 Å². The molecular weight excluding hydrogens is 656 g/mol. The number of guanidine groups is 2. The number of amides is 7. The molecule has 7 amide bonds. The highest BCUT2D eigenvalue weighted by molar-refractivity contribution is 5.96. The second-order valence-electron chi connectivity index (χ2n) is 12.3. The summed E-state index contributed by atoms with van der Waals surface area (Å²) in [6, 6.07) is -5.60. The summed E-state index contributed by atoms with van der Waals surface area (Å²) in [5, 5.41) is 12.6.